The molecule has 0 saturated carbocycles. The minimum absolute atomic E-state index is 0.261. The standard InChI is InChI=1S/C23H21N3O2/c1-13(24)22(27)19-20(25)23(28-2)18(14-8-4-3-5-9-14)16-12-15-10-6-7-11-17(15)26-21(16)19/h3-13H,24-25H2,1-2H3/t13-/m0/s1. The fraction of sp³-hybridized carbons (Fsp3) is 0.130. The number of nitrogens with zero attached hydrogens (tertiary/aromatic N) is 1. The molecule has 5 nitrogen and oxygen atoms in total. The first-order chi connectivity index (χ1) is 13.5. The Morgan fingerprint density at radius 1 is 1.07 bits per heavy atom. The molecule has 0 fully saturated rings. The van der Waals surface area contributed by atoms with E-state index in [-0.39, 0.29) is 11.5 Å². The highest BCUT2D eigenvalue weighted by atomic mass is 16.5. The summed E-state index contributed by atoms with van der Waals surface area (Å²) in [5.41, 5.74) is 16.0. The molecular weight excluding hydrogens is 350 g/mol. The number of nitrogens with two attached hydrogens (primary N) is 2. The van der Waals surface area contributed by atoms with Crippen molar-refractivity contribution >= 4 is 33.3 Å². The zero-order valence-electron chi connectivity index (χ0n) is 15.8. The first kappa shape index (κ1) is 17.9. The summed E-state index contributed by atoms with van der Waals surface area (Å²) in [5.74, 6) is 0.197. The van der Waals surface area contributed by atoms with Gasteiger partial charge in [-0.1, -0.05) is 48.5 Å². The number of ether oxygens (including phenoxy) is 1. The molecule has 5 heteroatoms. The maximum Gasteiger partial charge on any atom is 0.183 e. The number of carbonyl (C=O) groups is 1. The average molecular weight is 371 g/mol. The summed E-state index contributed by atoms with van der Waals surface area (Å²) < 4.78 is 5.68. The molecule has 0 amide bonds. The molecule has 140 valence electrons. The fourth-order valence-corrected chi connectivity index (χ4v) is 3.58. The van der Waals surface area contributed by atoms with Crippen LogP contribution < -0.4 is 16.2 Å². The van der Waals surface area contributed by atoms with Crippen LogP contribution in [0.25, 0.3) is 32.9 Å². The Bertz CT molecular complexity index is 1200. The van der Waals surface area contributed by atoms with Gasteiger partial charge in [0.05, 0.1) is 35.4 Å². The molecule has 1 heterocycles. The third-order valence-electron chi connectivity index (χ3n) is 4.90. The van der Waals surface area contributed by atoms with Gasteiger partial charge in [0.25, 0.3) is 0 Å². The first-order valence-corrected chi connectivity index (χ1v) is 9.07. The first-order valence-electron chi connectivity index (χ1n) is 9.07. The molecule has 4 N–H and O–H groups in total. The predicted octanol–water partition coefficient (Wildman–Crippen LogP) is 4.18. The molecule has 0 bridgehead atoms. The number of rotatable bonds is 4. The van der Waals surface area contributed by atoms with E-state index in [0.29, 0.717) is 16.8 Å². The van der Waals surface area contributed by atoms with Crippen molar-refractivity contribution in [1.29, 1.82) is 0 Å². The summed E-state index contributed by atoms with van der Waals surface area (Å²) >= 11 is 0. The van der Waals surface area contributed by atoms with E-state index < -0.39 is 6.04 Å². The zero-order chi connectivity index (χ0) is 19.8. The number of hydrogen-bond acceptors (Lipinski definition) is 5. The van der Waals surface area contributed by atoms with Gasteiger partial charge in [-0.05, 0) is 24.6 Å². The highest BCUT2D eigenvalue weighted by Crippen LogP contribution is 2.44. The van der Waals surface area contributed by atoms with Crippen molar-refractivity contribution in [3.8, 4) is 16.9 Å². The van der Waals surface area contributed by atoms with E-state index >= 15 is 0 Å². The maximum absolute atomic E-state index is 12.9. The number of para-hydroxylation sites is 1. The van der Waals surface area contributed by atoms with Gasteiger partial charge in [0, 0.05) is 16.3 Å². The van der Waals surface area contributed by atoms with Crippen molar-refractivity contribution in [2.24, 2.45) is 5.73 Å². The number of hydrogen-bond donors (Lipinski definition) is 2. The number of benzene rings is 3. The number of nitrogen functional groups attached to an aromatic ring is 1. The SMILES string of the molecule is COc1c(N)c(C(=O)[C@H](C)N)c2nc3ccccc3cc2c1-c1ccccc1. The molecule has 0 aliphatic rings. The summed E-state index contributed by atoms with van der Waals surface area (Å²) in [6.45, 7) is 1.65. The van der Waals surface area contributed by atoms with Crippen LogP contribution in [0.2, 0.25) is 0 Å². The third-order valence-corrected chi connectivity index (χ3v) is 4.90. The number of anilines is 1. The van der Waals surface area contributed by atoms with Crippen LogP contribution in [-0.2, 0) is 0 Å². The van der Waals surface area contributed by atoms with Crippen molar-refractivity contribution < 1.29 is 9.53 Å². The van der Waals surface area contributed by atoms with Crippen LogP contribution in [0.4, 0.5) is 5.69 Å². The van der Waals surface area contributed by atoms with Crippen molar-refractivity contribution in [3.63, 3.8) is 0 Å². The second kappa shape index (κ2) is 6.94. The van der Waals surface area contributed by atoms with E-state index in [1.54, 1.807) is 14.0 Å². The van der Waals surface area contributed by atoms with Gasteiger partial charge in [-0.3, -0.25) is 4.79 Å². The third kappa shape index (κ3) is 2.77. The molecule has 1 aromatic heterocycles. The number of fused-ring (bicyclic) bond motifs is 2. The number of ketones is 1. The topological polar surface area (TPSA) is 91.2 Å². The molecule has 4 rings (SSSR count). The Morgan fingerprint density at radius 2 is 1.75 bits per heavy atom. The Hall–Kier alpha value is -3.44. The highest BCUT2D eigenvalue weighted by Gasteiger charge is 2.26. The van der Waals surface area contributed by atoms with E-state index in [4.69, 9.17) is 21.2 Å². The molecule has 0 spiro atoms. The van der Waals surface area contributed by atoms with Gasteiger partial charge in [0.1, 0.15) is 0 Å². The molecule has 0 saturated heterocycles. The van der Waals surface area contributed by atoms with Crippen LogP contribution in [0.3, 0.4) is 0 Å². The van der Waals surface area contributed by atoms with Crippen LogP contribution in [-0.4, -0.2) is 23.9 Å². The van der Waals surface area contributed by atoms with E-state index in [2.05, 4.69) is 0 Å². The monoisotopic (exact) mass is 371 g/mol. The second-order valence-electron chi connectivity index (χ2n) is 6.79. The van der Waals surface area contributed by atoms with Crippen LogP contribution >= 0.6 is 0 Å². The minimum atomic E-state index is -0.703. The molecule has 28 heavy (non-hydrogen) atoms. The molecule has 0 aliphatic heterocycles. The Labute approximate surface area is 162 Å². The molecular formula is C23H21N3O2. The van der Waals surface area contributed by atoms with Crippen LogP contribution in [0, 0.1) is 0 Å². The number of methoxy groups -OCH3 is 1. The predicted molar refractivity (Wildman–Crippen MR) is 114 cm³/mol. The molecule has 0 unspecified atom stereocenters. The number of pyridine rings is 1. The summed E-state index contributed by atoms with van der Waals surface area (Å²) in [5, 5.41) is 1.78. The smallest absolute Gasteiger partial charge is 0.183 e. The van der Waals surface area contributed by atoms with Gasteiger partial charge in [-0.15, -0.1) is 0 Å². The lowest BCUT2D eigenvalue weighted by Crippen LogP contribution is -2.28. The second-order valence-corrected chi connectivity index (χ2v) is 6.79. The van der Waals surface area contributed by atoms with Crippen molar-refractivity contribution in [3.05, 3.63) is 66.2 Å². The van der Waals surface area contributed by atoms with Gasteiger partial charge in [-0.2, -0.15) is 0 Å². The summed E-state index contributed by atoms with van der Waals surface area (Å²) in [6.07, 6.45) is 0. The summed E-state index contributed by atoms with van der Waals surface area (Å²) in [6, 6.07) is 18.9. The molecule has 0 radical (unpaired) electrons. The van der Waals surface area contributed by atoms with E-state index in [9.17, 15) is 4.79 Å². The number of Topliss-reactive ketones (excluding diaryl/α,β-unsaturated/α-hetero) is 1. The van der Waals surface area contributed by atoms with Gasteiger partial charge in [0.2, 0.25) is 0 Å². The van der Waals surface area contributed by atoms with Crippen molar-refractivity contribution in [2.45, 2.75) is 13.0 Å². The van der Waals surface area contributed by atoms with Crippen molar-refractivity contribution in [2.75, 3.05) is 12.8 Å². The Morgan fingerprint density at radius 3 is 2.43 bits per heavy atom. The van der Waals surface area contributed by atoms with E-state index in [1.165, 1.54) is 0 Å². The minimum Gasteiger partial charge on any atom is -0.494 e. The lowest BCUT2D eigenvalue weighted by atomic mass is 9.91. The zero-order valence-corrected chi connectivity index (χ0v) is 15.8. The maximum atomic E-state index is 12.9. The highest BCUT2D eigenvalue weighted by molar-refractivity contribution is 6.19. The fourth-order valence-electron chi connectivity index (χ4n) is 3.58. The average Bonchev–Trinajstić information content (AvgIpc) is 2.71. The molecule has 4 aromatic rings. The summed E-state index contributed by atoms with van der Waals surface area (Å²) in [4.78, 5) is 17.7. The van der Waals surface area contributed by atoms with Gasteiger partial charge < -0.3 is 16.2 Å². The summed E-state index contributed by atoms with van der Waals surface area (Å²) in [7, 11) is 1.55. The van der Waals surface area contributed by atoms with Crippen LogP contribution in [0.1, 0.15) is 17.3 Å². The molecule has 0 aliphatic carbocycles. The Balaban J connectivity index is 2.24. The molecule has 1 atom stereocenters. The van der Waals surface area contributed by atoms with Gasteiger partial charge >= 0.3 is 0 Å². The normalized spacial score (nSPS) is 12.2. The largest absolute Gasteiger partial charge is 0.494 e. The van der Waals surface area contributed by atoms with E-state index in [0.717, 1.165) is 27.4 Å². The van der Waals surface area contributed by atoms with Crippen LogP contribution in [0.15, 0.2) is 60.7 Å². The van der Waals surface area contributed by atoms with Gasteiger partial charge in [0.15, 0.2) is 11.5 Å². The lowest BCUT2D eigenvalue weighted by molar-refractivity contribution is 0.0970. The van der Waals surface area contributed by atoms with E-state index in [1.807, 2.05) is 60.7 Å². The lowest BCUT2D eigenvalue weighted by Gasteiger charge is -2.19. The van der Waals surface area contributed by atoms with Crippen LogP contribution in [0.5, 0.6) is 5.75 Å². The quantitative estimate of drug-likeness (QED) is 0.319. The molecule has 3 aromatic carbocycles. The Kier molecular flexibility index (Phi) is 4.45. The number of aromatic nitrogens is 1. The van der Waals surface area contributed by atoms with Gasteiger partial charge in [-0.25, -0.2) is 4.98 Å². The van der Waals surface area contributed by atoms with Crippen molar-refractivity contribution in [1.82, 2.24) is 4.98 Å². The number of carbonyl (C=O) groups excluding carboxylic acids is 1.